The van der Waals surface area contributed by atoms with E-state index in [0.29, 0.717) is 19.6 Å². The van der Waals surface area contributed by atoms with Crippen LogP contribution >= 0.6 is 61.2 Å². The highest BCUT2D eigenvalue weighted by Crippen LogP contribution is 2.26. The summed E-state index contributed by atoms with van der Waals surface area (Å²) in [6.45, 7) is 4.90. The van der Waals surface area contributed by atoms with E-state index < -0.39 is 5.41 Å². The summed E-state index contributed by atoms with van der Waals surface area (Å²) in [5.74, 6) is 1.60. The first-order chi connectivity index (χ1) is 18.5. The van der Waals surface area contributed by atoms with Crippen LogP contribution in [0.3, 0.4) is 0 Å². The molecule has 0 aliphatic rings. The van der Waals surface area contributed by atoms with Crippen molar-refractivity contribution in [1.29, 1.82) is 10.5 Å². The molecule has 202 valence electrons. The van der Waals surface area contributed by atoms with Crippen molar-refractivity contribution in [3.8, 4) is 23.6 Å². The van der Waals surface area contributed by atoms with E-state index in [1.165, 1.54) is 0 Å². The lowest BCUT2D eigenvalue weighted by Crippen LogP contribution is -2.13. The van der Waals surface area contributed by atoms with Crippen LogP contribution in [0.4, 0.5) is 0 Å². The van der Waals surface area contributed by atoms with Gasteiger partial charge in [0.1, 0.15) is 24.7 Å². The standard InChI is InChI=1S/C17H17NO.C15H13NO.I2.HI/c1-17(2,13-18)15-9-6-10-16(11-15)19-12-14-7-4-3-5-8-14;16-10-9-13-7-4-8-15(11-13)17-12-14-5-2-1-3-6-14;1-2;/h3-11H,12H2,1-2H3;1-8,11H,9,12H2;;1H. The second kappa shape index (κ2) is 19.7. The normalized spacial score (nSPS) is 9.59. The summed E-state index contributed by atoms with van der Waals surface area (Å²) in [4.78, 5) is 0. The van der Waals surface area contributed by atoms with Gasteiger partial charge in [0, 0.05) is 37.2 Å². The third-order valence-corrected chi connectivity index (χ3v) is 5.51. The Balaban J connectivity index is 0.000000360. The van der Waals surface area contributed by atoms with Crippen molar-refractivity contribution in [2.75, 3.05) is 0 Å². The summed E-state index contributed by atoms with van der Waals surface area (Å²) in [7, 11) is 0. The maximum Gasteiger partial charge on any atom is 0.120 e. The summed E-state index contributed by atoms with van der Waals surface area (Å²) in [6, 6.07) is 39.9. The molecule has 0 aromatic heterocycles. The lowest BCUT2D eigenvalue weighted by molar-refractivity contribution is 0.305. The average Bonchev–Trinajstić information content (AvgIpc) is 2.98. The molecule has 0 aliphatic carbocycles. The van der Waals surface area contributed by atoms with E-state index in [2.05, 4.69) is 49.4 Å². The van der Waals surface area contributed by atoms with E-state index >= 15 is 0 Å². The van der Waals surface area contributed by atoms with E-state index in [0.717, 1.165) is 33.8 Å². The third kappa shape index (κ3) is 13.0. The van der Waals surface area contributed by atoms with E-state index in [1.54, 1.807) is 0 Å². The van der Waals surface area contributed by atoms with Crippen LogP contribution in [0.5, 0.6) is 11.5 Å². The molecule has 0 bridgehead atoms. The number of benzene rings is 4. The number of halogens is 3. The molecular weight excluding hydrogens is 825 g/mol. The molecule has 0 amide bonds. The number of nitrogens with zero attached hydrogens (tertiary/aromatic N) is 2. The number of ether oxygens (including phenoxy) is 2. The molecule has 4 nitrogen and oxygen atoms in total. The topological polar surface area (TPSA) is 66.0 Å². The van der Waals surface area contributed by atoms with Gasteiger partial charge in [0.2, 0.25) is 0 Å². The molecule has 4 aromatic rings. The van der Waals surface area contributed by atoms with E-state index in [9.17, 15) is 0 Å². The first-order valence-corrected chi connectivity index (χ1v) is 18.2. The Morgan fingerprint density at radius 1 is 0.641 bits per heavy atom. The zero-order valence-electron chi connectivity index (χ0n) is 21.9. The smallest absolute Gasteiger partial charge is 0.120 e. The Bertz CT molecular complexity index is 1320. The van der Waals surface area contributed by atoms with Gasteiger partial charge in [-0.2, -0.15) is 10.5 Å². The zero-order chi connectivity index (χ0) is 27.6. The van der Waals surface area contributed by atoms with E-state index in [-0.39, 0.29) is 24.0 Å². The SMILES string of the molecule is CC(C)(C#N)c1cccc(OCc2ccccc2)c1.I.II.N#CCc1cccc(OCc2ccccc2)c1. The first kappa shape index (κ1) is 34.7. The van der Waals surface area contributed by atoms with Gasteiger partial charge in [0.05, 0.1) is 24.0 Å². The molecule has 0 atom stereocenters. The quantitative estimate of drug-likeness (QED) is 0.166. The van der Waals surface area contributed by atoms with Gasteiger partial charge in [-0.1, -0.05) is 84.9 Å². The Hall–Kier alpha value is -2.35. The minimum Gasteiger partial charge on any atom is -0.489 e. The van der Waals surface area contributed by atoms with Gasteiger partial charge in [-0.05, 0) is 60.4 Å². The predicted molar refractivity (Wildman–Crippen MR) is 186 cm³/mol. The molecule has 0 unspecified atom stereocenters. The average molecular weight is 856 g/mol. The fourth-order valence-corrected chi connectivity index (χ4v) is 3.36. The van der Waals surface area contributed by atoms with Crippen LogP contribution in [-0.4, -0.2) is 0 Å². The van der Waals surface area contributed by atoms with Crippen LogP contribution in [0.25, 0.3) is 0 Å². The maximum absolute atomic E-state index is 9.16. The van der Waals surface area contributed by atoms with Crippen molar-refractivity contribution in [3.63, 3.8) is 0 Å². The fourth-order valence-electron chi connectivity index (χ4n) is 3.36. The molecule has 0 aliphatic heterocycles. The molecule has 0 saturated heterocycles. The second-order valence-corrected chi connectivity index (χ2v) is 8.80. The molecule has 0 fully saturated rings. The highest BCUT2D eigenvalue weighted by atomic mass is 128. The monoisotopic (exact) mass is 856 g/mol. The van der Waals surface area contributed by atoms with Crippen LogP contribution in [-0.2, 0) is 25.0 Å². The van der Waals surface area contributed by atoms with E-state index in [1.807, 2.05) is 123 Å². The van der Waals surface area contributed by atoms with Gasteiger partial charge in [-0.25, -0.2) is 0 Å². The molecule has 0 radical (unpaired) electrons. The third-order valence-electron chi connectivity index (χ3n) is 5.51. The molecule has 7 heteroatoms. The van der Waals surface area contributed by atoms with Crippen LogP contribution < -0.4 is 9.47 Å². The highest BCUT2D eigenvalue weighted by Gasteiger charge is 2.19. The Kier molecular flexibility index (Phi) is 17.5. The first-order valence-electron chi connectivity index (χ1n) is 12.0. The molecular formula is C32H31I3N2O2. The Morgan fingerprint density at radius 2 is 1.10 bits per heavy atom. The summed E-state index contributed by atoms with van der Waals surface area (Å²) in [5, 5.41) is 17.8. The zero-order valence-corrected chi connectivity index (χ0v) is 28.5. The van der Waals surface area contributed by atoms with Crippen LogP contribution in [0.15, 0.2) is 109 Å². The minimum absolute atomic E-state index is 0. The number of rotatable bonds is 8. The van der Waals surface area contributed by atoms with Crippen LogP contribution in [0.2, 0.25) is 0 Å². The summed E-state index contributed by atoms with van der Waals surface area (Å²) in [5.41, 5.74) is 3.73. The molecule has 4 aromatic carbocycles. The number of nitriles is 2. The van der Waals surface area contributed by atoms with Crippen LogP contribution in [0, 0.1) is 22.7 Å². The molecule has 0 N–H and O–H groups in total. The molecule has 4 rings (SSSR count). The van der Waals surface area contributed by atoms with Crippen molar-refractivity contribution >= 4 is 61.2 Å². The molecule has 0 heterocycles. The lowest BCUT2D eigenvalue weighted by atomic mass is 9.86. The summed E-state index contributed by atoms with van der Waals surface area (Å²) in [6.07, 6.45) is 0.419. The largest absolute Gasteiger partial charge is 0.489 e. The second-order valence-electron chi connectivity index (χ2n) is 8.80. The van der Waals surface area contributed by atoms with Gasteiger partial charge < -0.3 is 9.47 Å². The van der Waals surface area contributed by atoms with Crippen LogP contribution in [0.1, 0.15) is 36.1 Å². The predicted octanol–water partition coefficient (Wildman–Crippen LogP) is 9.79. The number of hydrogen-bond donors (Lipinski definition) is 0. The molecule has 0 spiro atoms. The summed E-state index contributed by atoms with van der Waals surface area (Å²) >= 11 is 4.24. The van der Waals surface area contributed by atoms with Crippen molar-refractivity contribution in [3.05, 3.63) is 131 Å². The van der Waals surface area contributed by atoms with Crippen molar-refractivity contribution in [2.24, 2.45) is 0 Å². The molecule has 39 heavy (non-hydrogen) atoms. The Labute approximate surface area is 272 Å². The van der Waals surface area contributed by atoms with Crippen molar-refractivity contribution < 1.29 is 9.47 Å². The van der Waals surface area contributed by atoms with Gasteiger partial charge in [0.15, 0.2) is 0 Å². The number of hydrogen-bond acceptors (Lipinski definition) is 4. The highest BCUT2D eigenvalue weighted by molar-refractivity contribution is 15.0. The van der Waals surface area contributed by atoms with Gasteiger partial charge in [-0.3, -0.25) is 0 Å². The maximum atomic E-state index is 9.16. The van der Waals surface area contributed by atoms with Gasteiger partial charge >= 0.3 is 0 Å². The lowest BCUT2D eigenvalue weighted by Gasteiger charge is -2.16. The van der Waals surface area contributed by atoms with Crippen molar-refractivity contribution in [2.45, 2.75) is 38.9 Å². The fraction of sp³-hybridized carbons (Fsp3) is 0.188. The minimum atomic E-state index is -0.494. The Morgan fingerprint density at radius 3 is 1.59 bits per heavy atom. The molecule has 0 saturated carbocycles. The van der Waals surface area contributed by atoms with E-state index in [4.69, 9.17) is 20.0 Å². The van der Waals surface area contributed by atoms with Gasteiger partial charge in [-0.15, -0.1) is 24.0 Å². The van der Waals surface area contributed by atoms with Crippen molar-refractivity contribution in [1.82, 2.24) is 0 Å². The van der Waals surface area contributed by atoms with Gasteiger partial charge in [0.25, 0.3) is 0 Å². The summed E-state index contributed by atoms with van der Waals surface area (Å²) < 4.78 is 11.4.